The lowest BCUT2D eigenvalue weighted by molar-refractivity contribution is -0.133. The molecule has 0 aromatic heterocycles. The van der Waals surface area contributed by atoms with Gasteiger partial charge in [-0.25, -0.2) is 4.39 Å². The third kappa shape index (κ3) is 4.21. The van der Waals surface area contributed by atoms with Crippen LogP contribution in [-0.2, 0) is 16.8 Å². The average Bonchev–Trinajstić information content (AvgIpc) is 3.20. The first-order valence-corrected chi connectivity index (χ1v) is 11.3. The Kier molecular flexibility index (Phi) is 6.69. The number of nitrogens with one attached hydrogen (secondary N) is 1. The fourth-order valence-corrected chi connectivity index (χ4v) is 5.69. The molecule has 5 rings (SSSR count). The molecule has 0 spiro atoms. The molecule has 2 saturated heterocycles. The van der Waals surface area contributed by atoms with Crippen LogP contribution in [0.25, 0.3) is 10.8 Å². The number of halogens is 2. The largest absolute Gasteiger partial charge is 0.338 e. The molecule has 4 nitrogen and oxygen atoms in total. The average molecular weight is 464 g/mol. The highest BCUT2D eigenvalue weighted by atomic mass is 35.5. The van der Waals surface area contributed by atoms with Crippen molar-refractivity contribution >= 4 is 29.1 Å². The zero-order valence-corrected chi connectivity index (χ0v) is 19.2. The van der Waals surface area contributed by atoms with E-state index in [1.165, 1.54) is 12.1 Å². The number of carbonyl (C=O) groups excluding carboxylic acids is 1. The van der Waals surface area contributed by atoms with E-state index in [2.05, 4.69) is 17.5 Å². The third-order valence-electron chi connectivity index (χ3n) is 7.32. The Labute approximate surface area is 199 Å². The van der Waals surface area contributed by atoms with Crippen LogP contribution in [-0.4, -0.2) is 30.4 Å². The molecular weight excluding hydrogens is 437 g/mol. The maximum absolute atomic E-state index is 13.7. The van der Waals surface area contributed by atoms with Crippen molar-refractivity contribution < 1.29 is 9.18 Å². The molecule has 0 aliphatic carbocycles. The predicted molar refractivity (Wildman–Crippen MR) is 130 cm³/mol. The van der Waals surface area contributed by atoms with Gasteiger partial charge < -0.3 is 10.2 Å². The molecule has 6 heteroatoms. The van der Waals surface area contributed by atoms with Gasteiger partial charge in [-0.1, -0.05) is 36.4 Å². The number of piperidine rings is 1. The number of likely N-dealkylation sites (tertiary alicyclic amines) is 1. The van der Waals surface area contributed by atoms with E-state index in [0.29, 0.717) is 18.7 Å². The molecule has 2 aliphatic heterocycles. The summed E-state index contributed by atoms with van der Waals surface area (Å²) in [6.45, 7) is 2.92. The Morgan fingerprint density at radius 1 is 1.09 bits per heavy atom. The topological polar surface area (TPSA) is 56.1 Å². The molecule has 3 aromatic rings. The first-order valence-electron chi connectivity index (χ1n) is 11.3. The van der Waals surface area contributed by atoms with Gasteiger partial charge in [0.15, 0.2) is 0 Å². The summed E-state index contributed by atoms with van der Waals surface area (Å²) in [6, 6.07) is 20.8. The Hall–Kier alpha value is -2.94. The van der Waals surface area contributed by atoms with Gasteiger partial charge in [0.25, 0.3) is 0 Å². The number of fused-ring (bicyclic) bond motifs is 1. The highest BCUT2D eigenvalue weighted by molar-refractivity contribution is 5.88. The maximum Gasteiger partial charge on any atom is 0.226 e. The fraction of sp³-hybridized carbons (Fsp3) is 0.333. The van der Waals surface area contributed by atoms with Crippen LogP contribution < -0.4 is 5.32 Å². The zero-order valence-electron chi connectivity index (χ0n) is 18.4. The zero-order chi connectivity index (χ0) is 22.1. The number of benzene rings is 3. The summed E-state index contributed by atoms with van der Waals surface area (Å²) in [5, 5.41) is 15.0. The molecule has 1 unspecified atom stereocenters. The van der Waals surface area contributed by atoms with E-state index in [-0.39, 0.29) is 35.5 Å². The number of amides is 1. The summed E-state index contributed by atoms with van der Waals surface area (Å²) in [7, 11) is 0. The lowest BCUT2D eigenvalue weighted by Crippen LogP contribution is -2.47. The van der Waals surface area contributed by atoms with Crippen molar-refractivity contribution in [3.8, 4) is 6.07 Å². The standard InChI is InChI=1S/C27H26FN3O.ClH/c28-23-7-5-22(6-8-23)27(10-12-30-13-11-27)25-9-14-31(26(25)32)18-21-16-19(17-29)15-20-3-1-2-4-24(20)21;/h1-8,15-16,25,30H,9-14,18H2;1H. The smallest absolute Gasteiger partial charge is 0.226 e. The van der Waals surface area contributed by atoms with Gasteiger partial charge in [0.05, 0.1) is 11.6 Å². The van der Waals surface area contributed by atoms with Crippen molar-refractivity contribution in [2.24, 2.45) is 5.92 Å². The van der Waals surface area contributed by atoms with Crippen molar-refractivity contribution in [3.05, 3.63) is 83.2 Å². The highest BCUT2D eigenvalue weighted by Crippen LogP contribution is 2.45. The second-order valence-corrected chi connectivity index (χ2v) is 8.98. The summed E-state index contributed by atoms with van der Waals surface area (Å²) in [5.41, 5.74) is 2.43. The van der Waals surface area contributed by atoms with Crippen molar-refractivity contribution in [1.82, 2.24) is 10.2 Å². The van der Waals surface area contributed by atoms with Gasteiger partial charge in [0.1, 0.15) is 5.82 Å². The molecule has 1 N–H and O–H groups in total. The van der Waals surface area contributed by atoms with Gasteiger partial charge in [-0.2, -0.15) is 5.26 Å². The van der Waals surface area contributed by atoms with E-state index in [0.717, 1.165) is 54.3 Å². The Bertz CT molecular complexity index is 1200. The van der Waals surface area contributed by atoms with Crippen LogP contribution in [0.4, 0.5) is 4.39 Å². The van der Waals surface area contributed by atoms with Crippen LogP contribution in [0.3, 0.4) is 0 Å². The first kappa shape index (κ1) is 23.2. The predicted octanol–water partition coefficient (Wildman–Crippen LogP) is 4.94. The van der Waals surface area contributed by atoms with Gasteiger partial charge in [-0.15, -0.1) is 12.4 Å². The van der Waals surface area contributed by atoms with Gasteiger partial charge in [0.2, 0.25) is 5.91 Å². The van der Waals surface area contributed by atoms with E-state index in [1.54, 1.807) is 0 Å². The number of nitriles is 1. The number of nitrogens with zero attached hydrogens (tertiary/aromatic N) is 2. The van der Waals surface area contributed by atoms with Crippen LogP contribution in [0.1, 0.15) is 36.0 Å². The van der Waals surface area contributed by atoms with E-state index in [9.17, 15) is 14.4 Å². The molecule has 1 atom stereocenters. The Balaban J connectivity index is 0.00000259. The van der Waals surface area contributed by atoms with Crippen molar-refractivity contribution in [3.63, 3.8) is 0 Å². The van der Waals surface area contributed by atoms with E-state index in [4.69, 9.17) is 0 Å². The Morgan fingerprint density at radius 3 is 2.55 bits per heavy atom. The molecule has 1 amide bonds. The number of carbonyl (C=O) groups is 1. The first-order chi connectivity index (χ1) is 15.6. The van der Waals surface area contributed by atoms with Gasteiger partial charge in [-0.3, -0.25) is 4.79 Å². The van der Waals surface area contributed by atoms with Crippen LogP contribution in [0.2, 0.25) is 0 Å². The molecule has 0 bridgehead atoms. The molecule has 2 heterocycles. The minimum Gasteiger partial charge on any atom is -0.338 e. The van der Waals surface area contributed by atoms with Gasteiger partial charge in [0, 0.05) is 24.4 Å². The number of hydrogen-bond acceptors (Lipinski definition) is 3. The third-order valence-corrected chi connectivity index (χ3v) is 7.32. The van der Waals surface area contributed by atoms with Crippen molar-refractivity contribution in [2.45, 2.75) is 31.2 Å². The molecular formula is C27H27ClFN3O. The minimum absolute atomic E-state index is 0. The summed E-state index contributed by atoms with van der Waals surface area (Å²) in [4.78, 5) is 15.7. The summed E-state index contributed by atoms with van der Waals surface area (Å²) >= 11 is 0. The van der Waals surface area contributed by atoms with E-state index in [1.807, 2.05) is 47.4 Å². The highest BCUT2D eigenvalue weighted by Gasteiger charge is 2.48. The van der Waals surface area contributed by atoms with Crippen LogP contribution >= 0.6 is 12.4 Å². The van der Waals surface area contributed by atoms with E-state index < -0.39 is 0 Å². The SMILES string of the molecule is Cl.N#Cc1cc(CN2CCC(C3(c4ccc(F)cc4)CCNCC3)C2=O)c2ccccc2c1. The fourth-order valence-electron chi connectivity index (χ4n) is 5.69. The van der Waals surface area contributed by atoms with Crippen molar-refractivity contribution in [2.75, 3.05) is 19.6 Å². The second-order valence-electron chi connectivity index (χ2n) is 8.98. The van der Waals surface area contributed by atoms with Gasteiger partial charge in [-0.05, 0) is 78.5 Å². The number of hydrogen-bond donors (Lipinski definition) is 1. The molecule has 2 fully saturated rings. The number of rotatable bonds is 4. The summed E-state index contributed by atoms with van der Waals surface area (Å²) < 4.78 is 13.6. The van der Waals surface area contributed by atoms with E-state index >= 15 is 0 Å². The molecule has 0 radical (unpaired) electrons. The van der Waals surface area contributed by atoms with Crippen LogP contribution in [0.5, 0.6) is 0 Å². The lowest BCUT2D eigenvalue weighted by Gasteiger charge is -2.42. The van der Waals surface area contributed by atoms with Crippen LogP contribution in [0.15, 0.2) is 60.7 Å². The molecule has 2 aliphatic rings. The monoisotopic (exact) mass is 463 g/mol. The Morgan fingerprint density at radius 2 is 1.82 bits per heavy atom. The van der Waals surface area contributed by atoms with Crippen molar-refractivity contribution in [1.29, 1.82) is 5.26 Å². The summed E-state index contributed by atoms with van der Waals surface area (Å²) in [6.07, 6.45) is 2.54. The molecule has 170 valence electrons. The maximum atomic E-state index is 13.7. The quantitative estimate of drug-likeness (QED) is 0.596. The summed E-state index contributed by atoms with van der Waals surface area (Å²) in [5.74, 6) is -0.190. The second kappa shape index (κ2) is 9.51. The normalized spacial score (nSPS) is 19.8. The molecule has 33 heavy (non-hydrogen) atoms. The molecule has 0 saturated carbocycles. The van der Waals surface area contributed by atoms with Crippen LogP contribution in [0, 0.1) is 23.1 Å². The lowest BCUT2D eigenvalue weighted by atomic mass is 9.64. The molecule has 3 aromatic carbocycles. The minimum atomic E-state index is -0.263. The van der Waals surface area contributed by atoms with Gasteiger partial charge >= 0.3 is 0 Å².